The predicted molar refractivity (Wildman–Crippen MR) is 80.9 cm³/mol. The van der Waals surface area contributed by atoms with Crippen molar-refractivity contribution in [1.29, 1.82) is 0 Å². The maximum Gasteiger partial charge on any atom is 0.238 e. The minimum Gasteiger partial charge on any atom is -0.492 e. The van der Waals surface area contributed by atoms with E-state index in [0.717, 1.165) is 25.7 Å². The van der Waals surface area contributed by atoms with Gasteiger partial charge in [0.15, 0.2) is 0 Å². The Labute approximate surface area is 130 Å². The van der Waals surface area contributed by atoms with Crippen molar-refractivity contribution in [2.45, 2.75) is 43.1 Å². The van der Waals surface area contributed by atoms with Crippen LogP contribution in [0.15, 0.2) is 23.1 Å². The standard InChI is InChI=1S/C14H20ClNO4S/c1-14(17)6-4-10(5-7-14)9-20-13-3-2-11(8-12(13)15)21(16,18)19/h2-3,8,10,17H,4-7,9H2,1H3,(H2,16,18,19)/t10-,14-. The number of rotatable bonds is 4. The van der Waals surface area contributed by atoms with E-state index in [-0.39, 0.29) is 9.92 Å². The first-order valence-corrected chi connectivity index (χ1v) is 8.77. The van der Waals surface area contributed by atoms with Gasteiger partial charge in [-0.2, -0.15) is 0 Å². The van der Waals surface area contributed by atoms with Gasteiger partial charge in [0.25, 0.3) is 0 Å². The summed E-state index contributed by atoms with van der Waals surface area (Å²) < 4.78 is 28.1. The quantitative estimate of drug-likeness (QED) is 0.884. The summed E-state index contributed by atoms with van der Waals surface area (Å²) in [5.74, 6) is 0.820. The maximum atomic E-state index is 11.2. The summed E-state index contributed by atoms with van der Waals surface area (Å²) >= 11 is 6.01. The molecule has 1 aromatic rings. The van der Waals surface area contributed by atoms with Gasteiger partial charge in [-0.25, -0.2) is 13.6 Å². The molecule has 2 rings (SSSR count). The molecule has 0 radical (unpaired) electrons. The van der Waals surface area contributed by atoms with E-state index < -0.39 is 15.6 Å². The van der Waals surface area contributed by atoms with Gasteiger partial charge in [0.05, 0.1) is 22.1 Å². The topological polar surface area (TPSA) is 89.6 Å². The summed E-state index contributed by atoms with van der Waals surface area (Å²) in [7, 11) is -3.76. The number of ether oxygens (including phenoxy) is 1. The van der Waals surface area contributed by atoms with E-state index in [2.05, 4.69) is 0 Å². The lowest BCUT2D eigenvalue weighted by Crippen LogP contribution is -2.32. The fraction of sp³-hybridized carbons (Fsp3) is 0.571. The molecule has 1 aliphatic carbocycles. The lowest BCUT2D eigenvalue weighted by molar-refractivity contribution is 0.00153. The molecule has 0 aliphatic heterocycles. The van der Waals surface area contributed by atoms with Crippen LogP contribution in [0.3, 0.4) is 0 Å². The van der Waals surface area contributed by atoms with Gasteiger partial charge < -0.3 is 9.84 Å². The summed E-state index contributed by atoms with van der Waals surface area (Å²) in [6.45, 7) is 2.36. The molecule has 21 heavy (non-hydrogen) atoms. The SMILES string of the molecule is C[C@]1(O)CC[C@H](COc2ccc(S(N)(=O)=O)cc2Cl)CC1. The van der Waals surface area contributed by atoms with Crippen molar-refractivity contribution < 1.29 is 18.3 Å². The Balaban J connectivity index is 1.95. The summed E-state index contributed by atoms with van der Waals surface area (Å²) in [6.07, 6.45) is 3.33. The number of nitrogens with two attached hydrogens (primary N) is 1. The van der Waals surface area contributed by atoms with Gasteiger partial charge in [0.1, 0.15) is 5.75 Å². The first-order chi connectivity index (χ1) is 9.67. The normalized spacial score (nSPS) is 26.6. The molecular weight excluding hydrogens is 314 g/mol. The average molecular weight is 334 g/mol. The molecule has 3 N–H and O–H groups in total. The fourth-order valence-corrected chi connectivity index (χ4v) is 3.29. The average Bonchev–Trinajstić information content (AvgIpc) is 2.37. The zero-order valence-corrected chi connectivity index (χ0v) is 13.5. The molecule has 0 saturated heterocycles. The summed E-state index contributed by atoms with van der Waals surface area (Å²) in [5, 5.41) is 15.2. The molecule has 1 aliphatic rings. The van der Waals surface area contributed by atoms with Crippen molar-refractivity contribution in [2.75, 3.05) is 6.61 Å². The third-order valence-electron chi connectivity index (χ3n) is 3.89. The highest BCUT2D eigenvalue weighted by Gasteiger charge is 2.29. The molecule has 0 aromatic heterocycles. The highest BCUT2D eigenvalue weighted by Crippen LogP contribution is 2.33. The number of sulfonamides is 1. The van der Waals surface area contributed by atoms with E-state index in [1.807, 2.05) is 6.92 Å². The number of halogens is 1. The van der Waals surface area contributed by atoms with Crippen LogP contribution in [-0.4, -0.2) is 25.7 Å². The van der Waals surface area contributed by atoms with Crippen LogP contribution in [0.4, 0.5) is 0 Å². The Bertz CT molecular complexity index is 605. The number of hydrogen-bond donors (Lipinski definition) is 2. The van der Waals surface area contributed by atoms with Crippen LogP contribution in [0, 0.1) is 5.92 Å². The van der Waals surface area contributed by atoms with E-state index in [4.69, 9.17) is 21.5 Å². The number of benzene rings is 1. The van der Waals surface area contributed by atoms with E-state index in [0.29, 0.717) is 18.3 Å². The lowest BCUT2D eigenvalue weighted by Gasteiger charge is -2.32. The van der Waals surface area contributed by atoms with Crippen LogP contribution in [-0.2, 0) is 10.0 Å². The number of aliphatic hydroxyl groups is 1. The Hall–Kier alpha value is -0.820. The molecule has 1 fully saturated rings. The van der Waals surface area contributed by atoms with Crippen molar-refractivity contribution in [1.82, 2.24) is 0 Å². The van der Waals surface area contributed by atoms with Gasteiger partial charge in [0, 0.05) is 0 Å². The Morgan fingerprint density at radius 3 is 2.57 bits per heavy atom. The molecule has 1 aromatic carbocycles. The molecule has 0 atom stereocenters. The molecule has 0 unspecified atom stereocenters. The van der Waals surface area contributed by atoms with Crippen LogP contribution in [0.2, 0.25) is 5.02 Å². The number of primary sulfonamides is 1. The first-order valence-electron chi connectivity index (χ1n) is 6.85. The molecule has 0 bridgehead atoms. The zero-order valence-electron chi connectivity index (χ0n) is 11.9. The highest BCUT2D eigenvalue weighted by molar-refractivity contribution is 7.89. The summed E-state index contributed by atoms with van der Waals surface area (Å²) in [5.41, 5.74) is -0.564. The molecule has 0 amide bonds. The van der Waals surface area contributed by atoms with E-state index in [9.17, 15) is 13.5 Å². The predicted octanol–water partition coefficient (Wildman–Crippen LogP) is 2.31. The third kappa shape index (κ3) is 4.57. The minimum atomic E-state index is -3.76. The monoisotopic (exact) mass is 333 g/mol. The highest BCUT2D eigenvalue weighted by atomic mass is 35.5. The Morgan fingerprint density at radius 1 is 1.43 bits per heavy atom. The van der Waals surface area contributed by atoms with Crippen molar-refractivity contribution in [3.63, 3.8) is 0 Å². The second kappa shape index (κ2) is 6.12. The van der Waals surface area contributed by atoms with Crippen LogP contribution >= 0.6 is 11.6 Å². The van der Waals surface area contributed by atoms with E-state index >= 15 is 0 Å². The largest absolute Gasteiger partial charge is 0.492 e. The van der Waals surface area contributed by atoms with Gasteiger partial charge in [-0.3, -0.25) is 0 Å². The first kappa shape index (κ1) is 16.5. The smallest absolute Gasteiger partial charge is 0.238 e. The second-order valence-electron chi connectivity index (χ2n) is 5.89. The molecule has 7 heteroatoms. The van der Waals surface area contributed by atoms with Crippen LogP contribution in [0.1, 0.15) is 32.6 Å². The van der Waals surface area contributed by atoms with Crippen molar-refractivity contribution >= 4 is 21.6 Å². The molecule has 118 valence electrons. The summed E-state index contributed by atoms with van der Waals surface area (Å²) in [6, 6.07) is 4.18. The minimum absolute atomic E-state index is 0.0337. The fourth-order valence-electron chi connectivity index (χ4n) is 2.45. The Morgan fingerprint density at radius 2 is 2.05 bits per heavy atom. The van der Waals surface area contributed by atoms with Crippen LogP contribution in [0.5, 0.6) is 5.75 Å². The molecule has 0 heterocycles. The van der Waals surface area contributed by atoms with E-state index in [1.165, 1.54) is 18.2 Å². The lowest BCUT2D eigenvalue weighted by atomic mass is 9.80. The van der Waals surface area contributed by atoms with Crippen LogP contribution in [0.25, 0.3) is 0 Å². The van der Waals surface area contributed by atoms with Gasteiger partial charge in [-0.1, -0.05) is 11.6 Å². The molecule has 5 nitrogen and oxygen atoms in total. The van der Waals surface area contributed by atoms with Gasteiger partial charge >= 0.3 is 0 Å². The van der Waals surface area contributed by atoms with Gasteiger partial charge in [-0.15, -0.1) is 0 Å². The van der Waals surface area contributed by atoms with Crippen molar-refractivity contribution in [3.05, 3.63) is 23.2 Å². The molecular formula is C14H20ClNO4S. The van der Waals surface area contributed by atoms with Gasteiger partial charge in [-0.05, 0) is 56.7 Å². The van der Waals surface area contributed by atoms with Crippen molar-refractivity contribution in [3.8, 4) is 5.75 Å². The number of hydrogen-bond acceptors (Lipinski definition) is 4. The zero-order chi connectivity index (χ0) is 15.7. The van der Waals surface area contributed by atoms with Gasteiger partial charge in [0.2, 0.25) is 10.0 Å². The Kier molecular flexibility index (Phi) is 4.82. The maximum absolute atomic E-state index is 11.2. The summed E-state index contributed by atoms with van der Waals surface area (Å²) in [4.78, 5) is -0.0337. The molecule has 1 saturated carbocycles. The van der Waals surface area contributed by atoms with Crippen LogP contribution < -0.4 is 9.88 Å². The molecule has 0 spiro atoms. The van der Waals surface area contributed by atoms with E-state index in [1.54, 1.807) is 0 Å². The van der Waals surface area contributed by atoms with Crippen molar-refractivity contribution in [2.24, 2.45) is 11.1 Å². The second-order valence-corrected chi connectivity index (χ2v) is 7.86. The third-order valence-corrected chi connectivity index (χ3v) is 5.10.